The Morgan fingerprint density at radius 1 is 0.385 bits per heavy atom. The number of hydrogen-bond acceptors (Lipinski definition) is 2. The maximum Gasteiger partial charge on any atom is 0.132 e. The Bertz CT molecular complexity index is 3750. The Hall–Kier alpha value is -8.14. The smallest absolute Gasteiger partial charge is 0.132 e. The second kappa shape index (κ2) is 13.2. The molecule has 10 aromatic carbocycles. The van der Waals surface area contributed by atoms with Crippen molar-refractivity contribution in [1.29, 1.82) is 0 Å². The fraction of sp³-hybridized carbons (Fsp3) is 0.0645. The lowest BCUT2D eigenvalue weighted by Crippen LogP contribution is -2.36. The van der Waals surface area contributed by atoms with E-state index >= 15 is 0 Å². The van der Waals surface area contributed by atoms with E-state index in [-0.39, 0.29) is 5.41 Å². The Kier molecular flexibility index (Phi) is 7.38. The minimum absolute atomic E-state index is 0.0490. The van der Waals surface area contributed by atoms with E-state index in [1.54, 1.807) is 0 Å². The Morgan fingerprint density at radius 2 is 0.985 bits per heavy atom. The molecule has 0 radical (unpaired) electrons. The van der Waals surface area contributed by atoms with Gasteiger partial charge in [0.1, 0.15) is 11.5 Å². The van der Waals surface area contributed by atoms with Crippen molar-refractivity contribution < 1.29 is 4.74 Å². The standard InChI is InChI=1S/C62H42N2O/c1-61(2)49-23-9-6-20-43(49)47-37-41(31-34-50(47)61)64-55-28-13-8-21-44(55)48-38-40(32-35-57(48)64)63(39-17-4-3-5-18-39)56-36-33-45-42-19-7-10-24-51(42)62(54-27-16-22-46(56)60(45)54)52-25-11-14-29-58(52)65-59-30-15-12-26-53(59)62/h3-38H,1-2H3. The van der Waals surface area contributed by atoms with Crippen LogP contribution in [0, 0.1) is 0 Å². The zero-order valence-electron chi connectivity index (χ0n) is 36.1. The van der Waals surface area contributed by atoms with E-state index in [9.17, 15) is 0 Å². The van der Waals surface area contributed by atoms with Crippen molar-refractivity contribution in [2.75, 3.05) is 4.90 Å². The van der Waals surface area contributed by atoms with Crippen LogP contribution in [0.3, 0.4) is 0 Å². The molecule has 1 aliphatic heterocycles. The third-order valence-corrected chi connectivity index (χ3v) is 14.8. The number of anilines is 3. The largest absolute Gasteiger partial charge is 0.457 e. The first kappa shape index (κ1) is 36.4. The van der Waals surface area contributed by atoms with Gasteiger partial charge in [0.15, 0.2) is 0 Å². The number of fused-ring (bicyclic) bond motifs is 14. The van der Waals surface area contributed by atoms with Gasteiger partial charge >= 0.3 is 0 Å². The second-order valence-corrected chi connectivity index (χ2v) is 18.4. The van der Waals surface area contributed by atoms with Crippen molar-refractivity contribution in [3.8, 4) is 39.4 Å². The van der Waals surface area contributed by atoms with Crippen molar-refractivity contribution >= 4 is 49.6 Å². The van der Waals surface area contributed by atoms with Gasteiger partial charge in [-0.1, -0.05) is 166 Å². The van der Waals surface area contributed by atoms with E-state index < -0.39 is 5.41 Å². The predicted octanol–water partition coefficient (Wildman–Crippen LogP) is 16.2. The number of hydrogen-bond donors (Lipinski definition) is 0. The molecule has 0 saturated heterocycles. The van der Waals surface area contributed by atoms with Gasteiger partial charge in [-0.05, 0) is 117 Å². The molecule has 0 unspecified atom stereocenters. The molecule has 306 valence electrons. The van der Waals surface area contributed by atoms with Crippen LogP contribution in [-0.4, -0.2) is 4.57 Å². The van der Waals surface area contributed by atoms with Gasteiger partial charge in [-0.3, -0.25) is 0 Å². The first-order valence-electron chi connectivity index (χ1n) is 22.7. The SMILES string of the molecule is CC1(C)c2ccccc2-c2cc(-n3c4ccccc4c4cc(N(c5ccccc5)c5ccc6c7c(cccc57)C5(c7ccccc7Oc7ccccc75)c5ccccc5-6)ccc43)ccc21. The van der Waals surface area contributed by atoms with Gasteiger partial charge in [0.2, 0.25) is 0 Å². The van der Waals surface area contributed by atoms with E-state index in [1.165, 1.54) is 82.8 Å². The van der Waals surface area contributed by atoms with E-state index in [4.69, 9.17) is 4.74 Å². The van der Waals surface area contributed by atoms with Gasteiger partial charge in [0, 0.05) is 49.8 Å². The monoisotopic (exact) mass is 830 g/mol. The van der Waals surface area contributed by atoms with Crippen molar-refractivity contribution in [2.45, 2.75) is 24.7 Å². The molecule has 65 heavy (non-hydrogen) atoms. The summed E-state index contributed by atoms with van der Waals surface area (Å²) in [5, 5.41) is 4.90. The van der Waals surface area contributed by atoms with Gasteiger partial charge in [-0.25, -0.2) is 0 Å². The summed E-state index contributed by atoms with van der Waals surface area (Å²) in [6.07, 6.45) is 0. The number of aromatic nitrogens is 1. The van der Waals surface area contributed by atoms with Crippen molar-refractivity contribution in [1.82, 2.24) is 4.57 Å². The summed E-state index contributed by atoms with van der Waals surface area (Å²) in [6, 6.07) is 80.7. The third kappa shape index (κ3) is 4.79. The molecule has 1 spiro atoms. The highest BCUT2D eigenvalue weighted by Crippen LogP contribution is 2.62. The predicted molar refractivity (Wildman–Crippen MR) is 268 cm³/mol. The lowest BCUT2D eigenvalue weighted by molar-refractivity contribution is 0.435. The highest BCUT2D eigenvalue weighted by molar-refractivity contribution is 6.14. The second-order valence-electron chi connectivity index (χ2n) is 18.4. The summed E-state index contributed by atoms with van der Waals surface area (Å²) in [7, 11) is 0. The van der Waals surface area contributed by atoms with Gasteiger partial charge < -0.3 is 14.2 Å². The van der Waals surface area contributed by atoms with Crippen LogP contribution in [0.4, 0.5) is 17.1 Å². The summed E-state index contributed by atoms with van der Waals surface area (Å²) in [5.74, 6) is 1.79. The molecule has 0 amide bonds. The molecular weight excluding hydrogens is 789 g/mol. The highest BCUT2D eigenvalue weighted by Gasteiger charge is 2.49. The van der Waals surface area contributed by atoms with E-state index in [1.807, 2.05) is 0 Å². The van der Waals surface area contributed by atoms with Gasteiger partial charge in [0.05, 0.1) is 22.1 Å². The fourth-order valence-electron chi connectivity index (χ4n) is 12.1. The third-order valence-electron chi connectivity index (χ3n) is 14.8. The van der Waals surface area contributed by atoms with Crippen LogP contribution >= 0.6 is 0 Å². The number of nitrogens with zero attached hydrogens (tertiary/aromatic N) is 2. The molecular formula is C62H42N2O. The Balaban J connectivity index is 1.01. The molecule has 2 heterocycles. The molecule has 1 aromatic heterocycles. The molecule has 11 aromatic rings. The normalized spacial score (nSPS) is 14.4. The van der Waals surface area contributed by atoms with Gasteiger partial charge in [-0.15, -0.1) is 0 Å². The molecule has 0 saturated carbocycles. The lowest BCUT2D eigenvalue weighted by Gasteiger charge is -2.45. The molecule has 0 atom stereocenters. The molecule has 0 fully saturated rings. The number of benzene rings is 10. The van der Waals surface area contributed by atoms with Crippen molar-refractivity contribution in [3.05, 3.63) is 252 Å². The topological polar surface area (TPSA) is 17.4 Å². The van der Waals surface area contributed by atoms with Crippen molar-refractivity contribution in [2.24, 2.45) is 0 Å². The Labute approximate surface area is 378 Å². The number of rotatable bonds is 4. The molecule has 3 nitrogen and oxygen atoms in total. The summed E-state index contributed by atoms with van der Waals surface area (Å²) in [6.45, 7) is 4.70. The highest BCUT2D eigenvalue weighted by atomic mass is 16.5. The number of para-hydroxylation sites is 4. The quantitative estimate of drug-likeness (QED) is 0.176. The first-order valence-corrected chi connectivity index (χ1v) is 22.7. The maximum absolute atomic E-state index is 6.71. The van der Waals surface area contributed by atoms with Gasteiger partial charge in [0.25, 0.3) is 0 Å². The minimum Gasteiger partial charge on any atom is -0.457 e. The maximum atomic E-state index is 6.71. The minimum atomic E-state index is -0.596. The van der Waals surface area contributed by atoms with E-state index in [2.05, 4.69) is 242 Å². The first-order chi connectivity index (χ1) is 32.0. The fourth-order valence-corrected chi connectivity index (χ4v) is 12.1. The van der Waals surface area contributed by atoms with Crippen LogP contribution in [-0.2, 0) is 10.8 Å². The molecule has 2 aliphatic carbocycles. The average molecular weight is 831 g/mol. The van der Waals surface area contributed by atoms with Crippen molar-refractivity contribution in [3.63, 3.8) is 0 Å². The zero-order chi connectivity index (χ0) is 43.0. The molecule has 0 bridgehead atoms. The van der Waals surface area contributed by atoms with Crippen LogP contribution in [0.5, 0.6) is 11.5 Å². The van der Waals surface area contributed by atoms with Crippen LogP contribution in [0.2, 0.25) is 0 Å². The van der Waals surface area contributed by atoms with Crippen LogP contribution in [0.1, 0.15) is 47.2 Å². The zero-order valence-corrected chi connectivity index (χ0v) is 36.1. The Morgan fingerprint density at radius 3 is 1.77 bits per heavy atom. The summed E-state index contributed by atoms with van der Waals surface area (Å²) >= 11 is 0. The molecule has 3 heteroatoms. The van der Waals surface area contributed by atoms with Crippen LogP contribution < -0.4 is 9.64 Å². The van der Waals surface area contributed by atoms with Crippen LogP contribution in [0.15, 0.2) is 218 Å². The van der Waals surface area contributed by atoms with Crippen LogP contribution in [0.25, 0.3) is 60.5 Å². The molecule has 0 N–H and O–H groups in total. The molecule has 14 rings (SSSR count). The van der Waals surface area contributed by atoms with Gasteiger partial charge in [-0.2, -0.15) is 0 Å². The summed E-state index contributed by atoms with van der Waals surface area (Å²) in [4.78, 5) is 2.46. The lowest BCUT2D eigenvalue weighted by atomic mass is 9.58. The van der Waals surface area contributed by atoms with E-state index in [0.717, 1.165) is 39.7 Å². The summed E-state index contributed by atoms with van der Waals surface area (Å²) < 4.78 is 9.17. The summed E-state index contributed by atoms with van der Waals surface area (Å²) in [5.41, 5.74) is 19.0. The molecule has 3 aliphatic rings. The number of ether oxygens (including phenoxy) is 1. The average Bonchev–Trinajstić information content (AvgIpc) is 3.81. The van der Waals surface area contributed by atoms with E-state index in [0.29, 0.717) is 0 Å².